The van der Waals surface area contributed by atoms with Gasteiger partial charge in [0.25, 0.3) is 5.91 Å². The number of amides is 1. The maximum Gasteiger partial charge on any atom is 0.262 e. The Morgan fingerprint density at radius 2 is 1.92 bits per heavy atom. The third-order valence-corrected chi connectivity index (χ3v) is 4.58. The molecule has 0 aliphatic heterocycles. The van der Waals surface area contributed by atoms with Crippen LogP contribution in [0, 0.1) is 0 Å². The maximum absolute atomic E-state index is 12.2. The van der Waals surface area contributed by atoms with Gasteiger partial charge in [-0.25, -0.2) is 4.98 Å². The number of thiazole rings is 1. The van der Waals surface area contributed by atoms with Crippen LogP contribution < -0.4 is 15.8 Å². The Hall–Kier alpha value is -2.86. The topological polar surface area (TPSA) is 77.2 Å². The molecule has 3 aromatic rings. The van der Waals surface area contributed by atoms with Crippen molar-refractivity contribution in [2.24, 2.45) is 0 Å². The van der Waals surface area contributed by atoms with Crippen molar-refractivity contribution in [3.63, 3.8) is 0 Å². The molecule has 0 atom stereocenters. The van der Waals surface area contributed by atoms with Crippen molar-refractivity contribution in [1.82, 2.24) is 4.98 Å². The molecule has 134 valence electrons. The normalized spacial score (nSPS) is 10.7. The predicted molar refractivity (Wildman–Crippen MR) is 107 cm³/mol. The number of nitrogen functional groups attached to an aromatic ring is 1. The van der Waals surface area contributed by atoms with Gasteiger partial charge in [-0.15, -0.1) is 11.3 Å². The van der Waals surface area contributed by atoms with Crippen molar-refractivity contribution in [1.29, 1.82) is 0 Å². The summed E-state index contributed by atoms with van der Waals surface area (Å²) >= 11 is 1.37. The molecule has 3 rings (SSSR count). The van der Waals surface area contributed by atoms with Gasteiger partial charge in [0, 0.05) is 16.6 Å². The lowest BCUT2D eigenvalue weighted by Gasteiger charge is -2.11. The van der Waals surface area contributed by atoms with E-state index in [0.29, 0.717) is 16.8 Å². The third-order valence-electron chi connectivity index (χ3n) is 3.90. The number of ether oxygens (including phenoxy) is 1. The highest BCUT2D eigenvalue weighted by Crippen LogP contribution is 2.31. The fourth-order valence-corrected chi connectivity index (χ4v) is 3.07. The Morgan fingerprint density at radius 3 is 2.58 bits per heavy atom. The number of carbonyl (C=O) groups is 1. The van der Waals surface area contributed by atoms with Gasteiger partial charge in [0.15, 0.2) is 11.7 Å². The zero-order valence-corrected chi connectivity index (χ0v) is 15.5. The molecule has 0 radical (unpaired) electrons. The predicted octanol–water partition coefficient (Wildman–Crippen LogP) is 4.53. The minimum absolute atomic E-state index is 0.0808. The van der Waals surface area contributed by atoms with Crippen LogP contribution in [0.25, 0.3) is 11.3 Å². The van der Waals surface area contributed by atoms with Gasteiger partial charge in [-0.3, -0.25) is 4.79 Å². The van der Waals surface area contributed by atoms with E-state index in [9.17, 15) is 4.79 Å². The lowest BCUT2D eigenvalue weighted by molar-refractivity contribution is -0.118. The zero-order valence-electron chi connectivity index (χ0n) is 14.7. The van der Waals surface area contributed by atoms with E-state index in [1.807, 2.05) is 53.9 Å². The summed E-state index contributed by atoms with van der Waals surface area (Å²) < 4.78 is 5.71. The summed E-state index contributed by atoms with van der Waals surface area (Å²) in [5.41, 5.74) is 9.25. The van der Waals surface area contributed by atoms with Crippen LogP contribution in [0.3, 0.4) is 0 Å². The first-order chi connectivity index (χ1) is 12.5. The first kappa shape index (κ1) is 17.9. The Labute approximate surface area is 156 Å². The highest BCUT2D eigenvalue weighted by Gasteiger charge is 2.11. The van der Waals surface area contributed by atoms with Crippen LogP contribution >= 0.6 is 11.3 Å². The van der Waals surface area contributed by atoms with Crippen LogP contribution in [0.4, 0.5) is 10.8 Å². The van der Waals surface area contributed by atoms with Crippen LogP contribution in [0.1, 0.15) is 25.3 Å². The summed E-state index contributed by atoms with van der Waals surface area (Å²) in [5.74, 6) is 0.845. The summed E-state index contributed by atoms with van der Waals surface area (Å²) in [6, 6.07) is 15.3. The van der Waals surface area contributed by atoms with Gasteiger partial charge < -0.3 is 15.8 Å². The van der Waals surface area contributed by atoms with E-state index >= 15 is 0 Å². The molecule has 1 amide bonds. The van der Waals surface area contributed by atoms with Gasteiger partial charge in [0.2, 0.25) is 0 Å². The highest BCUT2D eigenvalue weighted by molar-refractivity contribution is 7.13. The lowest BCUT2D eigenvalue weighted by atomic mass is 10.0. The zero-order chi connectivity index (χ0) is 18.5. The van der Waals surface area contributed by atoms with Gasteiger partial charge >= 0.3 is 0 Å². The number of hydrogen-bond donors (Lipinski definition) is 2. The minimum Gasteiger partial charge on any atom is -0.483 e. The molecule has 0 saturated carbocycles. The summed E-state index contributed by atoms with van der Waals surface area (Å²) in [6.07, 6.45) is 0. The smallest absolute Gasteiger partial charge is 0.262 e. The lowest BCUT2D eigenvalue weighted by Crippen LogP contribution is -2.20. The Bertz CT molecular complexity index is 888. The van der Waals surface area contributed by atoms with E-state index in [4.69, 9.17) is 10.5 Å². The van der Waals surface area contributed by atoms with E-state index < -0.39 is 0 Å². The molecule has 0 fully saturated rings. The number of nitrogens with zero attached hydrogens (tertiary/aromatic N) is 1. The number of aromatic nitrogens is 1. The van der Waals surface area contributed by atoms with Gasteiger partial charge in [0.1, 0.15) is 5.75 Å². The number of benzene rings is 2. The molecule has 0 aliphatic carbocycles. The molecule has 26 heavy (non-hydrogen) atoms. The van der Waals surface area contributed by atoms with Crippen LogP contribution in [0.2, 0.25) is 0 Å². The number of para-hydroxylation sites is 1. The molecule has 0 saturated heterocycles. The van der Waals surface area contributed by atoms with Crippen molar-refractivity contribution in [3.05, 3.63) is 59.5 Å². The second kappa shape index (κ2) is 8.01. The number of nitrogens with one attached hydrogen (secondary N) is 1. The fourth-order valence-electron chi connectivity index (χ4n) is 2.51. The molecule has 5 nitrogen and oxygen atoms in total. The molecule has 0 bridgehead atoms. The van der Waals surface area contributed by atoms with Crippen LogP contribution in [0.5, 0.6) is 5.75 Å². The molecule has 0 spiro atoms. The highest BCUT2D eigenvalue weighted by atomic mass is 32.1. The Morgan fingerprint density at radius 1 is 1.19 bits per heavy atom. The molecular weight excluding hydrogens is 346 g/mol. The molecule has 1 aromatic heterocycles. The second-order valence-corrected chi connectivity index (χ2v) is 7.07. The first-order valence-corrected chi connectivity index (χ1v) is 9.24. The second-order valence-electron chi connectivity index (χ2n) is 6.18. The quantitative estimate of drug-likeness (QED) is 0.671. The number of nitrogens with two attached hydrogens (primary N) is 1. The van der Waals surface area contributed by atoms with Gasteiger partial charge in [-0.1, -0.05) is 38.1 Å². The van der Waals surface area contributed by atoms with Crippen molar-refractivity contribution in [2.45, 2.75) is 19.8 Å². The van der Waals surface area contributed by atoms with Crippen molar-refractivity contribution < 1.29 is 9.53 Å². The molecule has 0 aliphatic rings. The van der Waals surface area contributed by atoms with Crippen molar-refractivity contribution in [3.8, 4) is 17.0 Å². The summed E-state index contributed by atoms with van der Waals surface area (Å²) in [5, 5.41) is 5.21. The van der Waals surface area contributed by atoms with E-state index in [-0.39, 0.29) is 12.5 Å². The molecule has 0 unspecified atom stereocenters. The average Bonchev–Trinajstić information content (AvgIpc) is 3.07. The standard InChI is InChI=1S/C20H21N3O2S/c1-13(2)14-7-9-15(10-8-14)22-19(24)11-25-18-6-4-3-5-16(18)17-12-26-20(21)23-17/h3-10,12-13H,11H2,1-2H3,(H2,21,23)(H,22,24). The molecule has 2 aromatic carbocycles. The minimum atomic E-state index is -0.213. The van der Waals surface area contributed by atoms with Crippen LogP contribution in [0.15, 0.2) is 53.9 Å². The average molecular weight is 367 g/mol. The number of carbonyl (C=O) groups excluding carboxylic acids is 1. The molecule has 1 heterocycles. The maximum atomic E-state index is 12.2. The first-order valence-electron chi connectivity index (χ1n) is 8.36. The van der Waals surface area contributed by atoms with Crippen molar-refractivity contribution >= 4 is 28.1 Å². The van der Waals surface area contributed by atoms with E-state index in [0.717, 1.165) is 16.9 Å². The number of hydrogen-bond acceptors (Lipinski definition) is 5. The number of rotatable bonds is 6. The molecule has 3 N–H and O–H groups in total. The monoisotopic (exact) mass is 367 g/mol. The summed E-state index contributed by atoms with van der Waals surface area (Å²) in [7, 11) is 0. The van der Waals surface area contributed by atoms with Crippen LogP contribution in [-0.4, -0.2) is 17.5 Å². The van der Waals surface area contributed by atoms with Gasteiger partial charge in [0.05, 0.1) is 5.69 Å². The van der Waals surface area contributed by atoms with Crippen LogP contribution in [-0.2, 0) is 4.79 Å². The SMILES string of the molecule is CC(C)c1ccc(NC(=O)COc2ccccc2-c2csc(N)n2)cc1. The largest absolute Gasteiger partial charge is 0.483 e. The van der Waals surface area contributed by atoms with E-state index in [1.165, 1.54) is 16.9 Å². The van der Waals surface area contributed by atoms with E-state index in [2.05, 4.69) is 24.1 Å². The number of anilines is 2. The van der Waals surface area contributed by atoms with E-state index in [1.54, 1.807) is 0 Å². The summed E-state index contributed by atoms with van der Waals surface area (Å²) in [6.45, 7) is 4.19. The van der Waals surface area contributed by atoms with Gasteiger partial charge in [-0.05, 0) is 35.7 Å². The fraction of sp³-hybridized carbons (Fsp3) is 0.200. The Balaban J connectivity index is 1.63. The molecular formula is C20H21N3O2S. The Kier molecular flexibility index (Phi) is 5.53. The molecule has 6 heteroatoms. The van der Waals surface area contributed by atoms with Gasteiger partial charge in [-0.2, -0.15) is 0 Å². The third kappa shape index (κ3) is 4.40. The summed E-state index contributed by atoms with van der Waals surface area (Å²) in [4.78, 5) is 16.5. The van der Waals surface area contributed by atoms with Crippen molar-refractivity contribution in [2.75, 3.05) is 17.7 Å².